The van der Waals surface area contributed by atoms with Gasteiger partial charge in [0.25, 0.3) is 0 Å². The molecule has 0 aromatic rings. The third kappa shape index (κ3) is 36.2. The second-order valence-corrected chi connectivity index (χ2v) is 14.7. The number of ether oxygens (including phenoxy) is 1. The molecule has 0 rings (SSSR count). The van der Waals surface area contributed by atoms with E-state index in [9.17, 15) is 19.8 Å². The maximum atomic E-state index is 12.4. The minimum absolute atomic E-state index is 0.0367. The normalized spacial score (nSPS) is 12.8. The van der Waals surface area contributed by atoms with Crippen molar-refractivity contribution in [3.8, 4) is 0 Å². The van der Waals surface area contributed by atoms with Gasteiger partial charge in [0, 0.05) is 12.8 Å². The van der Waals surface area contributed by atoms with Gasteiger partial charge in [0.15, 0.2) is 0 Å². The Hall–Kier alpha value is -1.40. The summed E-state index contributed by atoms with van der Waals surface area (Å²) in [5, 5.41) is 23.1. The first-order chi connectivity index (χ1) is 24.0. The van der Waals surface area contributed by atoms with Crippen LogP contribution in [-0.2, 0) is 14.3 Å². The van der Waals surface area contributed by atoms with Crippen molar-refractivity contribution in [3.63, 3.8) is 0 Å². The zero-order valence-electron chi connectivity index (χ0n) is 32.7. The number of aliphatic hydroxyl groups excluding tert-OH is 2. The number of carbonyl (C=O) groups is 2. The van der Waals surface area contributed by atoms with E-state index in [0.29, 0.717) is 25.9 Å². The molecule has 290 valence electrons. The molecule has 6 heteroatoms. The molecule has 3 N–H and O–H groups in total. The number of carbonyl (C=O) groups excluding carboxylic acids is 2. The van der Waals surface area contributed by atoms with Crippen molar-refractivity contribution in [2.24, 2.45) is 0 Å². The second kappa shape index (κ2) is 39.4. The molecule has 0 fully saturated rings. The molecule has 2 unspecified atom stereocenters. The predicted molar refractivity (Wildman–Crippen MR) is 209 cm³/mol. The lowest BCUT2D eigenvalue weighted by molar-refractivity contribution is -0.143. The average Bonchev–Trinajstić information content (AvgIpc) is 3.10. The summed E-state index contributed by atoms with van der Waals surface area (Å²) in [6.07, 6.45) is 41.6. The first-order valence-corrected chi connectivity index (χ1v) is 21.4. The zero-order valence-corrected chi connectivity index (χ0v) is 32.7. The van der Waals surface area contributed by atoms with E-state index in [1.807, 2.05) is 0 Å². The van der Waals surface area contributed by atoms with Gasteiger partial charge in [0.05, 0.1) is 25.4 Å². The van der Waals surface area contributed by atoms with Gasteiger partial charge in [-0.1, -0.05) is 180 Å². The zero-order chi connectivity index (χ0) is 35.9. The van der Waals surface area contributed by atoms with E-state index in [1.54, 1.807) is 0 Å². The Morgan fingerprint density at radius 2 is 0.980 bits per heavy atom. The van der Waals surface area contributed by atoms with Gasteiger partial charge in [-0.25, -0.2) is 0 Å². The standard InChI is InChI=1S/C43H83NO5/c1-3-5-7-9-11-13-15-17-19-23-27-31-35-41(46)40(39-45)44-42(47)36-32-28-24-20-18-22-26-30-34-38-49-43(48)37-33-29-25-21-16-14-12-10-8-6-4-2/h10,12,40-41,45-46H,3-9,11,13-39H2,1-2H3,(H,44,47)/b12-10-. The van der Waals surface area contributed by atoms with E-state index in [2.05, 4.69) is 31.3 Å². The summed E-state index contributed by atoms with van der Waals surface area (Å²) < 4.78 is 5.41. The summed E-state index contributed by atoms with van der Waals surface area (Å²) >= 11 is 0. The number of esters is 1. The number of nitrogens with one attached hydrogen (secondary N) is 1. The molecule has 0 heterocycles. The van der Waals surface area contributed by atoms with Crippen molar-refractivity contribution in [1.82, 2.24) is 5.32 Å². The Labute approximate surface area is 304 Å². The fraction of sp³-hybridized carbons (Fsp3) is 0.907. The van der Waals surface area contributed by atoms with Crippen LogP contribution in [0.3, 0.4) is 0 Å². The Kier molecular flexibility index (Phi) is 38.3. The monoisotopic (exact) mass is 694 g/mol. The molecule has 0 spiro atoms. The largest absolute Gasteiger partial charge is 0.466 e. The molecule has 0 aliphatic carbocycles. The number of allylic oxidation sites excluding steroid dienone is 2. The van der Waals surface area contributed by atoms with Crippen LogP contribution >= 0.6 is 0 Å². The van der Waals surface area contributed by atoms with E-state index in [-0.39, 0.29) is 18.5 Å². The Bertz CT molecular complexity index is 727. The lowest BCUT2D eigenvalue weighted by Gasteiger charge is -2.22. The van der Waals surface area contributed by atoms with E-state index < -0.39 is 12.1 Å². The maximum absolute atomic E-state index is 12.4. The number of hydrogen-bond donors (Lipinski definition) is 3. The molecule has 0 aromatic heterocycles. The van der Waals surface area contributed by atoms with Crippen LogP contribution in [0.1, 0.15) is 226 Å². The van der Waals surface area contributed by atoms with Crippen LogP contribution in [0.2, 0.25) is 0 Å². The third-order valence-electron chi connectivity index (χ3n) is 9.81. The summed E-state index contributed by atoms with van der Waals surface area (Å²) in [5.41, 5.74) is 0. The second-order valence-electron chi connectivity index (χ2n) is 14.7. The highest BCUT2D eigenvalue weighted by Crippen LogP contribution is 2.15. The van der Waals surface area contributed by atoms with Crippen molar-refractivity contribution in [1.29, 1.82) is 0 Å². The van der Waals surface area contributed by atoms with Crippen molar-refractivity contribution in [2.75, 3.05) is 13.2 Å². The summed E-state index contributed by atoms with van der Waals surface area (Å²) in [5.74, 6) is -0.101. The minimum atomic E-state index is -0.679. The lowest BCUT2D eigenvalue weighted by atomic mass is 10.0. The van der Waals surface area contributed by atoms with Crippen molar-refractivity contribution >= 4 is 11.9 Å². The Morgan fingerprint density at radius 1 is 0.551 bits per heavy atom. The van der Waals surface area contributed by atoms with E-state index in [1.165, 1.54) is 135 Å². The van der Waals surface area contributed by atoms with Crippen LogP contribution in [0.15, 0.2) is 12.2 Å². The third-order valence-corrected chi connectivity index (χ3v) is 9.81. The van der Waals surface area contributed by atoms with E-state index in [0.717, 1.165) is 57.8 Å². The fourth-order valence-corrected chi connectivity index (χ4v) is 6.44. The molecule has 0 aliphatic heterocycles. The number of amides is 1. The molecule has 0 bridgehead atoms. The molecule has 0 aliphatic rings. The highest BCUT2D eigenvalue weighted by Gasteiger charge is 2.20. The molecule has 0 radical (unpaired) electrons. The van der Waals surface area contributed by atoms with Crippen LogP contribution in [-0.4, -0.2) is 47.4 Å². The summed E-state index contributed by atoms with van der Waals surface area (Å²) in [6, 6.07) is -0.559. The molecule has 49 heavy (non-hydrogen) atoms. The van der Waals surface area contributed by atoms with Gasteiger partial charge in [0.1, 0.15) is 0 Å². The van der Waals surface area contributed by atoms with Gasteiger partial charge in [-0.05, 0) is 44.9 Å². The minimum Gasteiger partial charge on any atom is -0.466 e. The molecular weight excluding hydrogens is 610 g/mol. The molecule has 6 nitrogen and oxygen atoms in total. The smallest absolute Gasteiger partial charge is 0.305 e. The van der Waals surface area contributed by atoms with Crippen molar-refractivity contribution in [2.45, 2.75) is 238 Å². The summed E-state index contributed by atoms with van der Waals surface area (Å²) in [7, 11) is 0. The van der Waals surface area contributed by atoms with Crippen LogP contribution in [0.5, 0.6) is 0 Å². The highest BCUT2D eigenvalue weighted by molar-refractivity contribution is 5.76. The molecule has 0 aromatic carbocycles. The summed E-state index contributed by atoms with van der Waals surface area (Å²) in [4.78, 5) is 24.3. The van der Waals surface area contributed by atoms with Crippen LogP contribution in [0, 0.1) is 0 Å². The van der Waals surface area contributed by atoms with Gasteiger partial charge < -0.3 is 20.3 Å². The van der Waals surface area contributed by atoms with E-state index >= 15 is 0 Å². The van der Waals surface area contributed by atoms with Gasteiger partial charge in [-0.15, -0.1) is 0 Å². The van der Waals surface area contributed by atoms with Crippen LogP contribution < -0.4 is 5.32 Å². The predicted octanol–water partition coefficient (Wildman–Crippen LogP) is 11.8. The number of rotatable bonds is 39. The van der Waals surface area contributed by atoms with E-state index in [4.69, 9.17) is 4.74 Å². The maximum Gasteiger partial charge on any atom is 0.305 e. The van der Waals surface area contributed by atoms with Crippen LogP contribution in [0.25, 0.3) is 0 Å². The molecule has 0 saturated carbocycles. The summed E-state index contributed by atoms with van der Waals surface area (Å²) in [6.45, 7) is 4.83. The van der Waals surface area contributed by atoms with Crippen LogP contribution in [0.4, 0.5) is 0 Å². The number of hydrogen-bond acceptors (Lipinski definition) is 5. The first kappa shape index (κ1) is 47.6. The van der Waals surface area contributed by atoms with Gasteiger partial charge in [-0.3, -0.25) is 9.59 Å². The number of unbranched alkanes of at least 4 members (excludes halogenated alkanes) is 26. The average molecular weight is 694 g/mol. The molecular formula is C43H83NO5. The molecule has 2 atom stereocenters. The van der Waals surface area contributed by atoms with Crippen molar-refractivity contribution < 1.29 is 24.5 Å². The highest BCUT2D eigenvalue weighted by atomic mass is 16.5. The lowest BCUT2D eigenvalue weighted by Crippen LogP contribution is -2.45. The SMILES string of the molecule is CCCC/C=C\CCCCCCCC(=O)OCCCCCCCCCCCC(=O)NC(CO)C(O)CCCCCCCCCCCCCC. The van der Waals surface area contributed by atoms with Gasteiger partial charge in [-0.2, -0.15) is 0 Å². The fourth-order valence-electron chi connectivity index (χ4n) is 6.44. The van der Waals surface area contributed by atoms with Gasteiger partial charge in [0.2, 0.25) is 5.91 Å². The Morgan fingerprint density at radius 3 is 1.51 bits per heavy atom. The molecule has 1 amide bonds. The van der Waals surface area contributed by atoms with Crippen molar-refractivity contribution in [3.05, 3.63) is 12.2 Å². The molecule has 0 saturated heterocycles. The Balaban J connectivity index is 3.52. The van der Waals surface area contributed by atoms with Gasteiger partial charge >= 0.3 is 5.97 Å². The quantitative estimate of drug-likeness (QED) is 0.0338. The number of aliphatic hydroxyl groups is 2. The topological polar surface area (TPSA) is 95.9 Å². The first-order valence-electron chi connectivity index (χ1n) is 21.4.